The Morgan fingerprint density at radius 2 is 1.32 bits per heavy atom. The molecule has 0 saturated heterocycles. The number of fused-ring (bicyclic) bond motifs is 3. The van der Waals surface area contributed by atoms with Crippen LogP contribution in [0.25, 0.3) is 33.1 Å². The SMILES string of the molecule is COc1ccc(-c2[o+]c3ccccc3c3ccccc23)cc1. The molecule has 106 valence electrons. The molecule has 1 heterocycles. The maximum absolute atomic E-state index is 6.19. The van der Waals surface area contributed by atoms with Gasteiger partial charge in [-0.2, -0.15) is 0 Å². The zero-order valence-corrected chi connectivity index (χ0v) is 12.2. The molecule has 3 aromatic carbocycles. The van der Waals surface area contributed by atoms with Gasteiger partial charge in [0, 0.05) is 11.5 Å². The Bertz CT molecular complexity index is 956. The first kappa shape index (κ1) is 12.8. The molecule has 0 aliphatic rings. The fourth-order valence-electron chi connectivity index (χ4n) is 2.82. The van der Waals surface area contributed by atoms with Crippen molar-refractivity contribution >= 4 is 21.7 Å². The van der Waals surface area contributed by atoms with Crippen molar-refractivity contribution in [3.05, 3.63) is 72.8 Å². The van der Waals surface area contributed by atoms with Gasteiger partial charge in [0.25, 0.3) is 0 Å². The fraction of sp³-hybridized carbons (Fsp3) is 0.0500. The van der Waals surface area contributed by atoms with Crippen molar-refractivity contribution in [1.82, 2.24) is 0 Å². The van der Waals surface area contributed by atoms with E-state index in [1.165, 1.54) is 5.39 Å². The average molecular weight is 287 g/mol. The lowest BCUT2D eigenvalue weighted by atomic mass is 10.0. The second-order valence-electron chi connectivity index (χ2n) is 5.20. The third-order valence-corrected chi connectivity index (χ3v) is 3.91. The molecule has 0 fully saturated rings. The molecule has 0 amide bonds. The van der Waals surface area contributed by atoms with Crippen molar-refractivity contribution in [2.45, 2.75) is 0 Å². The molecular weight excluding hydrogens is 272 g/mol. The summed E-state index contributed by atoms with van der Waals surface area (Å²) in [5.74, 6) is 1.73. The molecule has 0 unspecified atom stereocenters. The van der Waals surface area contributed by atoms with Gasteiger partial charge < -0.3 is 4.74 Å². The van der Waals surface area contributed by atoms with Crippen LogP contribution >= 0.6 is 0 Å². The van der Waals surface area contributed by atoms with Crippen LogP contribution in [0.2, 0.25) is 0 Å². The van der Waals surface area contributed by atoms with E-state index in [0.29, 0.717) is 0 Å². The largest absolute Gasteiger partial charge is 0.497 e. The topological polar surface area (TPSA) is 20.5 Å². The van der Waals surface area contributed by atoms with Crippen molar-refractivity contribution in [3.8, 4) is 17.1 Å². The number of para-hydroxylation sites is 1. The van der Waals surface area contributed by atoms with Crippen LogP contribution in [0, 0.1) is 0 Å². The van der Waals surface area contributed by atoms with Crippen LogP contribution in [0.1, 0.15) is 0 Å². The summed E-state index contributed by atoms with van der Waals surface area (Å²) >= 11 is 0. The van der Waals surface area contributed by atoms with Gasteiger partial charge in [0.2, 0.25) is 0 Å². The van der Waals surface area contributed by atoms with Gasteiger partial charge >= 0.3 is 11.3 Å². The van der Waals surface area contributed by atoms with Gasteiger partial charge in [-0.25, -0.2) is 4.42 Å². The van der Waals surface area contributed by atoms with Crippen LogP contribution in [0.5, 0.6) is 5.75 Å². The Hall–Kier alpha value is -2.87. The summed E-state index contributed by atoms with van der Waals surface area (Å²) in [6.45, 7) is 0. The van der Waals surface area contributed by atoms with E-state index in [9.17, 15) is 0 Å². The highest BCUT2D eigenvalue weighted by molar-refractivity contribution is 6.09. The van der Waals surface area contributed by atoms with Gasteiger partial charge in [0.15, 0.2) is 0 Å². The number of ether oxygens (including phenoxy) is 1. The summed E-state index contributed by atoms with van der Waals surface area (Å²) in [7, 11) is 1.67. The molecule has 0 bridgehead atoms. The maximum Gasteiger partial charge on any atom is 0.368 e. The van der Waals surface area contributed by atoms with E-state index >= 15 is 0 Å². The number of benzene rings is 3. The smallest absolute Gasteiger partial charge is 0.368 e. The van der Waals surface area contributed by atoms with Crippen LogP contribution in [0.3, 0.4) is 0 Å². The molecule has 0 aliphatic carbocycles. The highest BCUT2D eigenvalue weighted by atomic mass is 16.5. The molecule has 2 heteroatoms. The quantitative estimate of drug-likeness (QED) is 0.356. The third kappa shape index (κ3) is 2.01. The second kappa shape index (κ2) is 5.15. The Morgan fingerprint density at radius 3 is 2.05 bits per heavy atom. The van der Waals surface area contributed by atoms with Crippen molar-refractivity contribution in [2.24, 2.45) is 0 Å². The van der Waals surface area contributed by atoms with Gasteiger partial charge in [0.1, 0.15) is 5.75 Å². The van der Waals surface area contributed by atoms with Gasteiger partial charge in [-0.3, -0.25) is 0 Å². The van der Waals surface area contributed by atoms with Crippen LogP contribution in [-0.2, 0) is 0 Å². The summed E-state index contributed by atoms with van der Waals surface area (Å²) in [5.41, 5.74) is 1.94. The second-order valence-corrected chi connectivity index (χ2v) is 5.20. The molecule has 0 N–H and O–H groups in total. The van der Waals surface area contributed by atoms with Gasteiger partial charge in [0.05, 0.1) is 23.4 Å². The van der Waals surface area contributed by atoms with E-state index in [1.807, 2.05) is 48.5 Å². The minimum atomic E-state index is 0.842. The lowest BCUT2D eigenvalue weighted by Gasteiger charge is -2.02. The first-order chi connectivity index (χ1) is 10.9. The van der Waals surface area contributed by atoms with Gasteiger partial charge in [-0.05, 0) is 36.4 Å². The van der Waals surface area contributed by atoms with E-state index in [-0.39, 0.29) is 0 Å². The Morgan fingerprint density at radius 1 is 0.682 bits per heavy atom. The maximum atomic E-state index is 6.19. The molecule has 4 rings (SSSR count). The van der Waals surface area contributed by atoms with E-state index < -0.39 is 0 Å². The number of methoxy groups -OCH3 is 1. The molecule has 0 spiro atoms. The van der Waals surface area contributed by atoms with Crippen LogP contribution in [0.15, 0.2) is 77.2 Å². The summed E-state index contributed by atoms with van der Waals surface area (Å²) in [4.78, 5) is 0. The van der Waals surface area contributed by atoms with E-state index in [2.05, 4.69) is 24.3 Å². The molecule has 4 aromatic rings. The normalized spacial score (nSPS) is 11.0. The standard InChI is InChI=1S/C20H15O2/c1-21-15-12-10-14(11-13-15)20-18-8-3-2-6-16(18)17-7-4-5-9-19(17)22-20/h2-13H,1H3/q+1. The summed E-state index contributed by atoms with van der Waals surface area (Å²) in [6.07, 6.45) is 0. The minimum Gasteiger partial charge on any atom is -0.497 e. The summed E-state index contributed by atoms with van der Waals surface area (Å²) in [6, 6.07) is 24.4. The predicted molar refractivity (Wildman–Crippen MR) is 90.1 cm³/mol. The summed E-state index contributed by atoms with van der Waals surface area (Å²) in [5, 5.41) is 3.46. The number of hydrogen-bond acceptors (Lipinski definition) is 1. The monoisotopic (exact) mass is 287 g/mol. The van der Waals surface area contributed by atoms with Crippen molar-refractivity contribution < 1.29 is 9.15 Å². The van der Waals surface area contributed by atoms with Crippen LogP contribution in [-0.4, -0.2) is 7.11 Å². The fourth-order valence-corrected chi connectivity index (χ4v) is 2.82. The van der Waals surface area contributed by atoms with E-state index in [0.717, 1.165) is 33.4 Å². The van der Waals surface area contributed by atoms with Gasteiger partial charge in [-0.15, -0.1) is 0 Å². The zero-order chi connectivity index (χ0) is 14.9. The Balaban J connectivity index is 2.06. The summed E-state index contributed by atoms with van der Waals surface area (Å²) < 4.78 is 11.4. The van der Waals surface area contributed by atoms with Crippen molar-refractivity contribution in [1.29, 1.82) is 0 Å². The number of hydrogen-bond donors (Lipinski definition) is 0. The Labute approximate surface area is 128 Å². The van der Waals surface area contributed by atoms with E-state index in [1.54, 1.807) is 7.11 Å². The number of rotatable bonds is 2. The minimum absolute atomic E-state index is 0.842. The zero-order valence-electron chi connectivity index (χ0n) is 12.2. The molecule has 0 radical (unpaired) electrons. The molecular formula is C20H15O2+. The Kier molecular flexibility index (Phi) is 3.01. The van der Waals surface area contributed by atoms with Crippen LogP contribution in [0.4, 0.5) is 0 Å². The highest BCUT2D eigenvalue weighted by Gasteiger charge is 2.21. The molecule has 1 aromatic heterocycles. The first-order valence-corrected chi connectivity index (χ1v) is 7.25. The van der Waals surface area contributed by atoms with Crippen molar-refractivity contribution in [3.63, 3.8) is 0 Å². The third-order valence-electron chi connectivity index (χ3n) is 3.91. The molecule has 22 heavy (non-hydrogen) atoms. The lowest BCUT2D eigenvalue weighted by Crippen LogP contribution is -1.86. The highest BCUT2D eigenvalue weighted by Crippen LogP contribution is 2.35. The molecule has 0 saturated carbocycles. The average Bonchev–Trinajstić information content (AvgIpc) is 2.61. The molecule has 0 atom stereocenters. The van der Waals surface area contributed by atoms with Gasteiger partial charge in [-0.1, -0.05) is 30.3 Å². The first-order valence-electron chi connectivity index (χ1n) is 7.25. The molecule has 2 nitrogen and oxygen atoms in total. The van der Waals surface area contributed by atoms with E-state index in [4.69, 9.17) is 9.15 Å². The molecule has 0 aliphatic heterocycles. The van der Waals surface area contributed by atoms with Crippen LogP contribution < -0.4 is 4.74 Å². The predicted octanol–water partition coefficient (Wildman–Crippen LogP) is 5.54. The van der Waals surface area contributed by atoms with Crippen molar-refractivity contribution in [2.75, 3.05) is 7.11 Å². The lowest BCUT2D eigenvalue weighted by molar-refractivity contribution is 0.415.